The van der Waals surface area contributed by atoms with E-state index in [1.54, 1.807) is 24.3 Å². The molecule has 0 aromatic heterocycles. The maximum Gasteiger partial charge on any atom is 0.175 e. The summed E-state index contributed by atoms with van der Waals surface area (Å²) in [6.07, 6.45) is 1.12. The SMILES string of the molecule is CS(=O)(=O)c1cccc(-c2cc(CN)ccc2F)c1. The lowest BCUT2D eigenvalue weighted by molar-refractivity contribution is 0.602. The fraction of sp³-hybridized carbons (Fsp3) is 0.143. The number of sulfone groups is 1. The Morgan fingerprint density at radius 2 is 1.89 bits per heavy atom. The van der Waals surface area contributed by atoms with Crippen LogP contribution in [0.3, 0.4) is 0 Å². The van der Waals surface area contributed by atoms with Gasteiger partial charge in [-0.15, -0.1) is 0 Å². The average molecular weight is 279 g/mol. The summed E-state index contributed by atoms with van der Waals surface area (Å²) in [4.78, 5) is 0.169. The van der Waals surface area contributed by atoms with Crippen LogP contribution >= 0.6 is 0 Å². The summed E-state index contributed by atoms with van der Waals surface area (Å²) >= 11 is 0. The molecule has 0 aliphatic rings. The molecule has 0 amide bonds. The lowest BCUT2D eigenvalue weighted by Gasteiger charge is -2.07. The highest BCUT2D eigenvalue weighted by Crippen LogP contribution is 2.26. The van der Waals surface area contributed by atoms with Crippen molar-refractivity contribution in [2.75, 3.05) is 6.26 Å². The molecule has 2 aromatic rings. The summed E-state index contributed by atoms with van der Waals surface area (Å²) in [5.41, 5.74) is 7.20. The molecule has 0 radical (unpaired) electrons. The summed E-state index contributed by atoms with van der Waals surface area (Å²) < 4.78 is 36.9. The third kappa shape index (κ3) is 3.00. The molecule has 2 aromatic carbocycles. The van der Waals surface area contributed by atoms with Gasteiger partial charge in [0.15, 0.2) is 9.84 Å². The van der Waals surface area contributed by atoms with Gasteiger partial charge in [0.2, 0.25) is 0 Å². The topological polar surface area (TPSA) is 60.2 Å². The fourth-order valence-corrected chi connectivity index (χ4v) is 2.48. The highest BCUT2D eigenvalue weighted by molar-refractivity contribution is 7.90. The molecule has 0 saturated carbocycles. The highest BCUT2D eigenvalue weighted by Gasteiger charge is 2.11. The third-order valence-corrected chi connectivity index (χ3v) is 3.95. The molecule has 2 N–H and O–H groups in total. The van der Waals surface area contributed by atoms with Crippen LogP contribution in [0.2, 0.25) is 0 Å². The number of hydrogen-bond acceptors (Lipinski definition) is 3. The first-order valence-electron chi connectivity index (χ1n) is 5.71. The van der Waals surface area contributed by atoms with Crippen molar-refractivity contribution in [2.24, 2.45) is 5.73 Å². The Kier molecular flexibility index (Phi) is 3.68. The fourth-order valence-electron chi connectivity index (χ4n) is 1.81. The largest absolute Gasteiger partial charge is 0.326 e. The molecule has 0 saturated heterocycles. The average Bonchev–Trinajstić information content (AvgIpc) is 2.38. The molecular formula is C14H14FNO2S. The Morgan fingerprint density at radius 1 is 1.16 bits per heavy atom. The van der Waals surface area contributed by atoms with Crippen LogP contribution in [0.5, 0.6) is 0 Å². The molecule has 19 heavy (non-hydrogen) atoms. The van der Waals surface area contributed by atoms with Crippen LogP contribution in [0, 0.1) is 5.82 Å². The molecule has 0 heterocycles. The molecule has 0 aliphatic heterocycles. The standard InChI is InChI=1S/C14H14FNO2S/c1-19(17,18)12-4-2-3-11(8-12)13-7-10(9-16)5-6-14(13)15/h2-8H,9,16H2,1H3. The van der Waals surface area contributed by atoms with E-state index in [0.29, 0.717) is 17.7 Å². The minimum atomic E-state index is -3.31. The van der Waals surface area contributed by atoms with Crippen LogP contribution in [0.25, 0.3) is 11.1 Å². The van der Waals surface area contributed by atoms with Crippen LogP contribution in [0.1, 0.15) is 5.56 Å². The Balaban J connectivity index is 2.59. The predicted octanol–water partition coefficient (Wildman–Crippen LogP) is 2.35. The Hall–Kier alpha value is -1.72. The van der Waals surface area contributed by atoms with Gasteiger partial charge in [-0.05, 0) is 35.4 Å². The summed E-state index contributed by atoms with van der Waals surface area (Å²) in [5.74, 6) is -0.400. The van der Waals surface area contributed by atoms with Gasteiger partial charge >= 0.3 is 0 Å². The monoisotopic (exact) mass is 279 g/mol. The molecule has 2 rings (SSSR count). The van der Waals surface area contributed by atoms with Crippen molar-refractivity contribution >= 4 is 9.84 Å². The molecule has 0 aliphatic carbocycles. The maximum absolute atomic E-state index is 13.8. The predicted molar refractivity (Wildman–Crippen MR) is 72.8 cm³/mol. The second kappa shape index (κ2) is 5.11. The van der Waals surface area contributed by atoms with Crippen LogP contribution in [0.15, 0.2) is 47.4 Å². The number of rotatable bonds is 3. The molecule has 100 valence electrons. The Labute approximate surface area is 111 Å². The van der Waals surface area contributed by atoms with E-state index in [4.69, 9.17) is 5.73 Å². The zero-order valence-electron chi connectivity index (χ0n) is 10.4. The zero-order chi connectivity index (χ0) is 14.0. The van der Waals surface area contributed by atoms with Crippen molar-refractivity contribution in [3.63, 3.8) is 0 Å². The number of benzene rings is 2. The number of hydrogen-bond donors (Lipinski definition) is 1. The van der Waals surface area contributed by atoms with Crippen LogP contribution < -0.4 is 5.73 Å². The van der Waals surface area contributed by atoms with E-state index in [1.165, 1.54) is 18.2 Å². The van der Waals surface area contributed by atoms with E-state index >= 15 is 0 Å². The van der Waals surface area contributed by atoms with Crippen molar-refractivity contribution < 1.29 is 12.8 Å². The Morgan fingerprint density at radius 3 is 2.53 bits per heavy atom. The van der Waals surface area contributed by atoms with Gasteiger partial charge in [-0.2, -0.15) is 0 Å². The zero-order valence-corrected chi connectivity index (χ0v) is 11.2. The second-order valence-corrected chi connectivity index (χ2v) is 6.33. The normalized spacial score (nSPS) is 11.5. The van der Waals surface area contributed by atoms with Crippen molar-refractivity contribution in [1.29, 1.82) is 0 Å². The highest BCUT2D eigenvalue weighted by atomic mass is 32.2. The molecule has 3 nitrogen and oxygen atoms in total. The molecule has 0 bridgehead atoms. The van der Waals surface area contributed by atoms with E-state index in [0.717, 1.165) is 11.8 Å². The van der Waals surface area contributed by atoms with Crippen LogP contribution in [-0.4, -0.2) is 14.7 Å². The molecule has 5 heteroatoms. The summed E-state index contributed by atoms with van der Waals surface area (Å²) in [6.45, 7) is 0.305. The molecule has 0 fully saturated rings. The first-order chi connectivity index (χ1) is 8.91. The van der Waals surface area contributed by atoms with E-state index in [1.807, 2.05) is 0 Å². The quantitative estimate of drug-likeness (QED) is 0.938. The molecular weight excluding hydrogens is 265 g/mol. The van der Waals surface area contributed by atoms with E-state index in [2.05, 4.69) is 0 Å². The first kappa shape index (κ1) is 13.7. The number of nitrogens with two attached hydrogens (primary N) is 1. The van der Waals surface area contributed by atoms with E-state index in [-0.39, 0.29) is 4.90 Å². The maximum atomic E-state index is 13.8. The lowest BCUT2D eigenvalue weighted by atomic mass is 10.0. The minimum Gasteiger partial charge on any atom is -0.326 e. The van der Waals surface area contributed by atoms with Gasteiger partial charge < -0.3 is 5.73 Å². The minimum absolute atomic E-state index is 0.169. The third-order valence-electron chi connectivity index (χ3n) is 2.84. The smallest absolute Gasteiger partial charge is 0.175 e. The molecule has 0 spiro atoms. The van der Waals surface area contributed by atoms with Gasteiger partial charge in [0.25, 0.3) is 0 Å². The summed E-state index contributed by atoms with van der Waals surface area (Å²) in [7, 11) is -3.31. The van der Waals surface area contributed by atoms with Crippen molar-refractivity contribution in [1.82, 2.24) is 0 Å². The lowest BCUT2D eigenvalue weighted by Crippen LogP contribution is -1.99. The van der Waals surface area contributed by atoms with Gasteiger partial charge in [-0.25, -0.2) is 12.8 Å². The van der Waals surface area contributed by atoms with Gasteiger partial charge in [-0.3, -0.25) is 0 Å². The van der Waals surface area contributed by atoms with Gasteiger partial charge in [0.1, 0.15) is 5.82 Å². The van der Waals surface area contributed by atoms with Gasteiger partial charge in [0, 0.05) is 18.4 Å². The van der Waals surface area contributed by atoms with Crippen LogP contribution in [-0.2, 0) is 16.4 Å². The van der Waals surface area contributed by atoms with Gasteiger partial charge in [0.05, 0.1) is 4.90 Å². The molecule has 0 unspecified atom stereocenters. The second-order valence-electron chi connectivity index (χ2n) is 4.32. The van der Waals surface area contributed by atoms with E-state index < -0.39 is 15.7 Å². The van der Waals surface area contributed by atoms with E-state index in [9.17, 15) is 12.8 Å². The number of halogens is 1. The first-order valence-corrected chi connectivity index (χ1v) is 7.60. The van der Waals surface area contributed by atoms with Crippen LogP contribution in [0.4, 0.5) is 4.39 Å². The summed E-state index contributed by atoms with van der Waals surface area (Å²) in [6, 6.07) is 10.8. The Bertz CT molecular complexity index is 711. The summed E-state index contributed by atoms with van der Waals surface area (Å²) in [5, 5.41) is 0. The van der Waals surface area contributed by atoms with Crippen molar-refractivity contribution in [3.05, 3.63) is 53.8 Å². The molecule has 0 atom stereocenters. The van der Waals surface area contributed by atoms with Crippen molar-refractivity contribution in [2.45, 2.75) is 11.4 Å². The van der Waals surface area contributed by atoms with Gasteiger partial charge in [-0.1, -0.05) is 18.2 Å². The van der Waals surface area contributed by atoms with Crippen molar-refractivity contribution in [3.8, 4) is 11.1 Å².